The van der Waals surface area contributed by atoms with E-state index in [1.54, 1.807) is 12.1 Å². The summed E-state index contributed by atoms with van der Waals surface area (Å²) in [6.07, 6.45) is 5.37. The molecule has 3 N–H and O–H groups in total. The second-order valence-corrected chi connectivity index (χ2v) is 8.20. The van der Waals surface area contributed by atoms with Crippen LogP contribution in [0.15, 0.2) is 24.3 Å². The molecule has 2 aliphatic heterocycles. The Morgan fingerprint density at radius 1 is 1.14 bits per heavy atom. The number of carbonyl (C=O) groups is 2. The third-order valence-corrected chi connectivity index (χ3v) is 6.04. The van der Waals surface area contributed by atoms with Crippen LogP contribution in [-0.4, -0.2) is 56.0 Å². The Labute approximate surface area is 168 Å². The molecule has 2 fully saturated rings. The maximum Gasteiger partial charge on any atom is 0.251 e. The first-order chi connectivity index (χ1) is 13.6. The first kappa shape index (κ1) is 20.8. The summed E-state index contributed by atoms with van der Waals surface area (Å²) in [6, 6.07) is 7.17. The number of piperidine rings is 1. The standard InChI is InChI=1S/C22H34N4O2/c1-17(18-8-10-23-11-9-18)16-21(27)25-20-6-4-19(5-7-20)22(28)24-12-15-26-13-2-3-14-26/h4-7,17-18,23H,2-3,8-16H2,1H3,(H,24,28)(H,25,27). The second kappa shape index (κ2) is 10.6. The molecule has 1 aromatic rings. The van der Waals surface area contributed by atoms with Gasteiger partial charge in [0.05, 0.1) is 0 Å². The van der Waals surface area contributed by atoms with E-state index in [1.165, 1.54) is 12.8 Å². The fourth-order valence-corrected chi connectivity index (χ4v) is 4.23. The third kappa shape index (κ3) is 6.31. The van der Waals surface area contributed by atoms with Crippen LogP contribution in [0.5, 0.6) is 0 Å². The molecule has 2 amide bonds. The van der Waals surface area contributed by atoms with Gasteiger partial charge in [0, 0.05) is 30.8 Å². The van der Waals surface area contributed by atoms with Gasteiger partial charge >= 0.3 is 0 Å². The number of carbonyl (C=O) groups excluding carboxylic acids is 2. The summed E-state index contributed by atoms with van der Waals surface area (Å²) in [7, 11) is 0. The van der Waals surface area contributed by atoms with Crippen molar-refractivity contribution in [2.45, 2.75) is 39.0 Å². The number of anilines is 1. The summed E-state index contributed by atoms with van der Waals surface area (Å²) in [5.74, 6) is 1.01. The van der Waals surface area contributed by atoms with E-state index in [0.29, 0.717) is 30.4 Å². The van der Waals surface area contributed by atoms with Crippen LogP contribution < -0.4 is 16.0 Å². The summed E-state index contributed by atoms with van der Waals surface area (Å²) in [4.78, 5) is 27.0. The second-order valence-electron chi connectivity index (χ2n) is 8.20. The Balaban J connectivity index is 1.40. The van der Waals surface area contributed by atoms with E-state index in [2.05, 4.69) is 27.8 Å². The molecule has 2 heterocycles. The first-order valence-corrected chi connectivity index (χ1v) is 10.7. The molecule has 28 heavy (non-hydrogen) atoms. The lowest BCUT2D eigenvalue weighted by Gasteiger charge is -2.27. The van der Waals surface area contributed by atoms with Gasteiger partial charge in [0.2, 0.25) is 5.91 Å². The Kier molecular flexibility index (Phi) is 7.86. The summed E-state index contributed by atoms with van der Waals surface area (Å²) in [5, 5.41) is 9.31. The zero-order chi connectivity index (χ0) is 19.8. The number of nitrogens with one attached hydrogen (secondary N) is 3. The summed E-state index contributed by atoms with van der Waals surface area (Å²) >= 11 is 0. The minimum atomic E-state index is -0.0587. The number of hydrogen-bond donors (Lipinski definition) is 3. The molecule has 0 radical (unpaired) electrons. The number of nitrogens with zero attached hydrogens (tertiary/aromatic N) is 1. The van der Waals surface area contributed by atoms with Crippen molar-refractivity contribution in [2.75, 3.05) is 44.6 Å². The van der Waals surface area contributed by atoms with Crippen LogP contribution in [0.3, 0.4) is 0 Å². The average Bonchev–Trinajstić information content (AvgIpc) is 3.22. The number of rotatable bonds is 8. The molecule has 154 valence electrons. The van der Waals surface area contributed by atoms with E-state index in [0.717, 1.165) is 51.3 Å². The molecule has 3 rings (SSSR count). The maximum atomic E-state index is 12.3. The highest BCUT2D eigenvalue weighted by molar-refractivity contribution is 5.95. The first-order valence-electron chi connectivity index (χ1n) is 10.7. The number of benzene rings is 1. The van der Waals surface area contributed by atoms with Crippen molar-refractivity contribution >= 4 is 17.5 Å². The minimum Gasteiger partial charge on any atom is -0.351 e. The molecule has 1 unspecified atom stereocenters. The van der Waals surface area contributed by atoms with Crippen molar-refractivity contribution in [3.8, 4) is 0 Å². The van der Waals surface area contributed by atoms with Crippen molar-refractivity contribution in [3.63, 3.8) is 0 Å². The largest absolute Gasteiger partial charge is 0.351 e. The Hall–Kier alpha value is -1.92. The fraction of sp³-hybridized carbons (Fsp3) is 0.636. The number of likely N-dealkylation sites (tertiary alicyclic amines) is 1. The van der Waals surface area contributed by atoms with Gasteiger partial charge in [-0.15, -0.1) is 0 Å². The normalized spacial score (nSPS) is 19.3. The van der Waals surface area contributed by atoms with Crippen molar-refractivity contribution in [1.29, 1.82) is 0 Å². The fourth-order valence-electron chi connectivity index (χ4n) is 4.23. The van der Waals surface area contributed by atoms with E-state index in [4.69, 9.17) is 0 Å². The Morgan fingerprint density at radius 3 is 2.50 bits per heavy atom. The number of hydrogen-bond acceptors (Lipinski definition) is 4. The minimum absolute atomic E-state index is 0.0499. The lowest BCUT2D eigenvalue weighted by molar-refractivity contribution is -0.117. The van der Waals surface area contributed by atoms with Crippen molar-refractivity contribution < 1.29 is 9.59 Å². The average molecular weight is 387 g/mol. The zero-order valence-electron chi connectivity index (χ0n) is 17.0. The molecule has 0 spiro atoms. The van der Waals surface area contributed by atoms with Crippen molar-refractivity contribution in [3.05, 3.63) is 29.8 Å². The van der Waals surface area contributed by atoms with Crippen LogP contribution in [0.2, 0.25) is 0 Å². The van der Waals surface area contributed by atoms with Crippen LogP contribution in [0.1, 0.15) is 49.4 Å². The molecule has 6 heteroatoms. The van der Waals surface area contributed by atoms with Crippen molar-refractivity contribution in [2.24, 2.45) is 11.8 Å². The maximum absolute atomic E-state index is 12.3. The zero-order valence-corrected chi connectivity index (χ0v) is 17.0. The SMILES string of the molecule is CC(CC(=O)Nc1ccc(C(=O)NCCN2CCCC2)cc1)C1CCNCC1. The molecule has 1 atom stereocenters. The highest BCUT2D eigenvalue weighted by atomic mass is 16.2. The summed E-state index contributed by atoms with van der Waals surface area (Å²) in [5.41, 5.74) is 1.37. The summed E-state index contributed by atoms with van der Waals surface area (Å²) in [6.45, 7) is 8.14. The lowest BCUT2D eigenvalue weighted by atomic mass is 9.84. The van der Waals surface area contributed by atoms with Crippen molar-refractivity contribution in [1.82, 2.24) is 15.5 Å². The Bertz CT molecular complexity index is 634. The molecule has 0 saturated carbocycles. The van der Waals surface area contributed by atoms with Gasteiger partial charge in [-0.3, -0.25) is 9.59 Å². The predicted molar refractivity (Wildman–Crippen MR) is 112 cm³/mol. The van der Waals surface area contributed by atoms with E-state index < -0.39 is 0 Å². The van der Waals surface area contributed by atoms with Crippen LogP contribution in [0, 0.1) is 11.8 Å². The highest BCUT2D eigenvalue weighted by Crippen LogP contribution is 2.24. The molecular formula is C22H34N4O2. The van der Waals surface area contributed by atoms with Gasteiger partial charge in [-0.2, -0.15) is 0 Å². The van der Waals surface area contributed by atoms with Gasteiger partial charge < -0.3 is 20.9 Å². The molecule has 2 saturated heterocycles. The van der Waals surface area contributed by atoms with Gasteiger partial charge in [-0.1, -0.05) is 6.92 Å². The van der Waals surface area contributed by atoms with Gasteiger partial charge in [0.15, 0.2) is 0 Å². The van der Waals surface area contributed by atoms with Crippen LogP contribution in [0.4, 0.5) is 5.69 Å². The third-order valence-electron chi connectivity index (χ3n) is 6.04. The monoisotopic (exact) mass is 386 g/mol. The van der Waals surface area contributed by atoms with E-state index in [1.807, 2.05) is 12.1 Å². The highest BCUT2D eigenvalue weighted by Gasteiger charge is 2.22. The Morgan fingerprint density at radius 2 is 1.82 bits per heavy atom. The van der Waals surface area contributed by atoms with E-state index in [9.17, 15) is 9.59 Å². The topological polar surface area (TPSA) is 73.5 Å². The molecule has 2 aliphatic rings. The van der Waals surface area contributed by atoms with Crippen LogP contribution >= 0.6 is 0 Å². The molecular weight excluding hydrogens is 352 g/mol. The van der Waals surface area contributed by atoms with Gasteiger partial charge in [-0.05, 0) is 88.0 Å². The van der Waals surface area contributed by atoms with Crippen LogP contribution in [-0.2, 0) is 4.79 Å². The van der Waals surface area contributed by atoms with Crippen LogP contribution in [0.25, 0.3) is 0 Å². The quantitative estimate of drug-likeness (QED) is 0.642. The predicted octanol–water partition coefficient (Wildman–Crippen LogP) is 2.48. The van der Waals surface area contributed by atoms with E-state index >= 15 is 0 Å². The van der Waals surface area contributed by atoms with E-state index in [-0.39, 0.29) is 11.8 Å². The molecule has 0 aliphatic carbocycles. The smallest absolute Gasteiger partial charge is 0.251 e. The lowest BCUT2D eigenvalue weighted by Crippen LogP contribution is -2.33. The molecule has 6 nitrogen and oxygen atoms in total. The number of amides is 2. The molecule has 0 bridgehead atoms. The molecule has 0 aromatic heterocycles. The van der Waals surface area contributed by atoms with Gasteiger partial charge in [0.25, 0.3) is 5.91 Å². The summed E-state index contributed by atoms with van der Waals surface area (Å²) < 4.78 is 0. The van der Waals surface area contributed by atoms with Gasteiger partial charge in [0.1, 0.15) is 0 Å². The van der Waals surface area contributed by atoms with Gasteiger partial charge in [-0.25, -0.2) is 0 Å². The molecule has 1 aromatic carbocycles.